The van der Waals surface area contributed by atoms with E-state index in [-0.39, 0.29) is 11.7 Å². The van der Waals surface area contributed by atoms with E-state index in [1.54, 1.807) is 19.2 Å². The maximum Gasteiger partial charge on any atom is 0.254 e. The fourth-order valence-corrected chi connectivity index (χ4v) is 5.05. The lowest BCUT2D eigenvalue weighted by atomic mass is 9.75. The quantitative estimate of drug-likeness (QED) is 0.429. The molecular formula is C31H30N2O4. The molecule has 3 aromatic rings. The van der Waals surface area contributed by atoms with E-state index in [9.17, 15) is 9.59 Å². The Morgan fingerprint density at radius 2 is 1.70 bits per heavy atom. The van der Waals surface area contributed by atoms with Gasteiger partial charge in [0, 0.05) is 34.9 Å². The molecule has 2 N–H and O–H groups in total. The highest BCUT2D eigenvalue weighted by Gasteiger charge is 2.38. The molecule has 5 rings (SSSR count). The molecule has 2 aliphatic rings. The molecule has 1 amide bonds. The number of dihydropyridines is 1. The van der Waals surface area contributed by atoms with Crippen molar-refractivity contribution >= 4 is 17.4 Å². The SMILES string of the molecule is COc1ccccc1NC(=O)C1=C(C)NC2=C(C(=O)CCC2)[C@H]1c1ccc(OCc2ccccc2)cc1. The maximum atomic E-state index is 13.7. The summed E-state index contributed by atoms with van der Waals surface area (Å²) in [6.45, 7) is 2.36. The number of carbonyl (C=O) groups excluding carboxylic acids is 2. The molecule has 0 aromatic heterocycles. The average Bonchev–Trinajstić information content (AvgIpc) is 2.92. The summed E-state index contributed by atoms with van der Waals surface area (Å²) in [6, 6.07) is 25.0. The van der Waals surface area contributed by atoms with Crippen LogP contribution in [0.5, 0.6) is 11.5 Å². The Morgan fingerprint density at radius 1 is 0.973 bits per heavy atom. The van der Waals surface area contributed by atoms with Crippen LogP contribution in [0.2, 0.25) is 0 Å². The standard InChI is InChI=1S/C31H30N2O4/c1-20-28(31(35)33-24-11-6-7-14-27(24)36-2)29(30-25(32-20)12-8-13-26(30)34)22-15-17-23(18-16-22)37-19-21-9-4-3-5-10-21/h3-7,9-11,14-18,29,32H,8,12-13,19H2,1-2H3,(H,33,35)/t29-/m0/s1. The smallest absolute Gasteiger partial charge is 0.254 e. The third kappa shape index (κ3) is 5.14. The molecule has 0 bridgehead atoms. The van der Waals surface area contributed by atoms with Gasteiger partial charge in [0.25, 0.3) is 5.91 Å². The van der Waals surface area contributed by atoms with Gasteiger partial charge in [0.15, 0.2) is 5.78 Å². The van der Waals surface area contributed by atoms with E-state index < -0.39 is 5.92 Å². The highest BCUT2D eigenvalue weighted by Crippen LogP contribution is 2.43. The zero-order valence-corrected chi connectivity index (χ0v) is 21.0. The molecule has 6 heteroatoms. The molecule has 1 aliphatic carbocycles. The van der Waals surface area contributed by atoms with Crippen LogP contribution in [-0.2, 0) is 16.2 Å². The number of nitrogens with one attached hydrogen (secondary N) is 2. The average molecular weight is 495 g/mol. The Morgan fingerprint density at radius 3 is 2.46 bits per heavy atom. The monoisotopic (exact) mass is 494 g/mol. The first-order valence-electron chi connectivity index (χ1n) is 12.5. The van der Waals surface area contributed by atoms with Crippen molar-refractivity contribution in [3.05, 3.63) is 113 Å². The number of ketones is 1. The van der Waals surface area contributed by atoms with E-state index in [2.05, 4.69) is 10.6 Å². The van der Waals surface area contributed by atoms with Crippen LogP contribution in [0.25, 0.3) is 0 Å². The normalized spacial score (nSPS) is 17.1. The van der Waals surface area contributed by atoms with E-state index in [1.807, 2.05) is 73.7 Å². The van der Waals surface area contributed by atoms with Gasteiger partial charge in [-0.1, -0.05) is 54.6 Å². The summed E-state index contributed by atoms with van der Waals surface area (Å²) in [7, 11) is 1.57. The van der Waals surface area contributed by atoms with Crippen molar-refractivity contribution in [3.8, 4) is 11.5 Å². The molecule has 0 saturated heterocycles. The number of ether oxygens (including phenoxy) is 2. The highest BCUT2D eigenvalue weighted by molar-refractivity contribution is 6.10. The molecule has 0 fully saturated rings. The summed E-state index contributed by atoms with van der Waals surface area (Å²) in [5.41, 5.74) is 5.40. The number of rotatable bonds is 7. The zero-order valence-electron chi connectivity index (χ0n) is 21.0. The second kappa shape index (κ2) is 10.7. The molecule has 1 atom stereocenters. The van der Waals surface area contributed by atoms with Crippen molar-refractivity contribution in [3.63, 3.8) is 0 Å². The van der Waals surface area contributed by atoms with Crippen molar-refractivity contribution in [2.24, 2.45) is 0 Å². The molecule has 37 heavy (non-hydrogen) atoms. The predicted octanol–water partition coefficient (Wildman–Crippen LogP) is 5.88. The molecule has 0 spiro atoms. The van der Waals surface area contributed by atoms with Crippen LogP contribution in [0, 0.1) is 0 Å². The Bertz CT molecular complexity index is 1370. The first-order chi connectivity index (χ1) is 18.0. The Hall–Kier alpha value is -4.32. The van der Waals surface area contributed by atoms with Crippen molar-refractivity contribution in [1.29, 1.82) is 0 Å². The molecule has 1 heterocycles. The fraction of sp³-hybridized carbons (Fsp3) is 0.226. The second-order valence-electron chi connectivity index (χ2n) is 9.26. The number of carbonyl (C=O) groups is 2. The van der Waals surface area contributed by atoms with E-state index >= 15 is 0 Å². The predicted molar refractivity (Wildman–Crippen MR) is 143 cm³/mol. The molecule has 3 aromatic carbocycles. The van der Waals surface area contributed by atoms with E-state index in [4.69, 9.17) is 9.47 Å². The van der Waals surface area contributed by atoms with Gasteiger partial charge in [0.1, 0.15) is 18.1 Å². The lowest BCUT2D eigenvalue weighted by Gasteiger charge is -2.34. The van der Waals surface area contributed by atoms with Gasteiger partial charge in [0.2, 0.25) is 0 Å². The summed E-state index contributed by atoms with van der Waals surface area (Å²) in [4.78, 5) is 26.9. The Labute approximate surface area is 217 Å². The minimum Gasteiger partial charge on any atom is -0.495 e. The van der Waals surface area contributed by atoms with Crippen LogP contribution in [0.1, 0.15) is 43.2 Å². The van der Waals surface area contributed by atoms with Gasteiger partial charge < -0.3 is 20.1 Å². The summed E-state index contributed by atoms with van der Waals surface area (Å²) in [6.07, 6.45) is 2.07. The number of hydrogen-bond donors (Lipinski definition) is 2. The van der Waals surface area contributed by atoms with E-state index in [0.717, 1.165) is 41.1 Å². The zero-order chi connectivity index (χ0) is 25.8. The summed E-state index contributed by atoms with van der Waals surface area (Å²) in [5, 5.41) is 6.37. The van der Waals surface area contributed by atoms with Gasteiger partial charge in [0.05, 0.1) is 12.8 Å². The van der Waals surface area contributed by atoms with Crippen molar-refractivity contribution in [1.82, 2.24) is 5.32 Å². The third-order valence-electron chi connectivity index (χ3n) is 6.84. The second-order valence-corrected chi connectivity index (χ2v) is 9.26. The first kappa shape index (κ1) is 24.4. The van der Waals surface area contributed by atoms with Crippen molar-refractivity contribution in [2.45, 2.75) is 38.7 Å². The van der Waals surface area contributed by atoms with Gasteiger partial charge in [-0.2, -0.15) is 0 Å². The number of anilines is 1. The topological polar surface area (TPSA) is 76.7 Å². The first-order valence-corrected chi connectivity index (χ1v) is 12.5. The van der Waals surface area contributed by atoms with Crippen LogP contribution < -0.4 is 20.1 Å². The van der Waals surface area contributed by atoms with Gasteiger partial charge in [-0.15, -0.1) is 0 Å². The van der Waals surface area contributed by atoms with Crippen LogP contribution >= 0.6 is 0 Å². The highest BCUT2D eigenvalue weighted by atomic mass is 16.5. The maximum absolute atomic E-state index is 13.7. The van der Waals surface area contributed by atoms with Crippen LogP contribution in [-0.4, -0.2) is 18.8 Å². The van der Waals surface area contributed by atoms with E-state index in [0.29, 0.717) is 35.6 Å². The number of benzene rings is 3. The molecule has 1 aliphatic heterocycles. The molecule has 188 valence electrons. The largest absolute Gasteiger partial charge is 0.495 e. The number of allylic oxidation sites excluding steroid dienone is 3. The summed E-state index contributed by atoms with van der Waals surface area (Å²) in [5.74, 6) is 0.642. The van der Waals surface area contributed by atoms with Crippen LogP contribution in [0.3, 0.4) is 0 Å². The summed E-state index contributed by atoms with van der Waals surface area (Å²) >= 11 is 0. The third-order valence-corrected chi connectivity index (χ3v) is 6.84. The van der Waals surface area contributed by atoms with E-state index in [1.165, 1.54) is 0 Å². The molecule has 0 unspecified atom stereocenters. The number of para-hydroxylation sites is 2. The van der Waals surface area contributed by atoms with Gasteiger partial charge >= 0.3 is 0 Å². The molecule has 0 saturated carbocycles. The fourth-order valence-electron chi connectivity index (χ4n) is 5.05. The minimum absolute atomic E-state index is 0.0817. The lowest BCUT2D eigenvalue weighted by molar-refractivity contribution is -0.116. The van der Waals surface area contributed by atoms with Gasteiger partial charge in [-0.3, -0.25) is 9.59 Å². The summed E-state index contributed by atoms with van der Waals surface area (Å²) < 4.78 is 11.4. The Balaban J connectivity index is 1.46. The number of hydrogen-bond acceptors (Lipinski definition) is 5. The van der Waals surface area contributed by atoms with Gasteiger partial charge in [-0.05, 0) is 55.2 Å². The molecule has 6 nitrogen and oxygen atoms in total. The van der Waals surface area contributed by atoms with Crippen molar-refractivity contribution < 1.29 is 19.1 Å². The minimum atomic E-state index is -0.470. The molecular weight excluding hydrogens is 464 g/mol. The van der Waals surface area contributed by atoms with Crippen molar-refractivity contribution in [2.75, 3.05) is 12.4 Å². The van der Waals surface area contributed by atoms with Gasteiger partial charge in [-0.25, -0.2) is 0 Å². The number of methoxy groups -OCH3 is 1. The van der Waals surface area contributed by atoms with Crippen LogP contribution in [0.4, 0.5) is 5.69 Å². The number of Topliss-reactive ketones (excluding diaryl/α,β-unsaturated/α-hetero) is 1. The Kier molecular flexibility index (Phi) is 7.08. The molecule has 0 radical (unpaired) electrons. The number of amides is 1. The lowest BCUT2D eigenvalue weighted by Crippen LogP contribution is -2.35. The van der Waals surface area contributed by atoms with Crippen LogP contribution in [0.15, 0.2) is 101 Å².